The molecule has 0 saturated heterocycles. The summed E-state index contributed by atoms with van der Waals surface area (Å²) in [7, 11) is 2.14. The molecule has 0 aliphatic heterocycles. The van der Waals surface area contributed by atoms with Crippen LogP contribution in [0.1, 0.15) is 31.9 Å². The van der Waals surface area contributed by atoms with Gasteiger partial charge < -0.3 is 10.0 Å². The maximum Gasteiger partial charge on any atom is 0.0761 e. The summed E-state index contributed by atoms with van der Waals surface area (Å²) in [6.07, 6.45) is 0.999. The largest absolute Gasteiger partial charge is 0.389 e. The third kappa shape index (κ3) is 2.56. The van der Waals surface area contributed by atoms with Crippen LogP contribution in [0.4, 0.5) is 5.69 Å². The molecule has 0 bridgehead atoms. The van der Waals surface area contributed by atoms with E-state index in [-0.39, 0.29) is 6.10 Å². The van der Waals surface area contributed by atoms with Crippen molar-refractivity contribution in [2.24, 2.45) is 11.8 Å². The van der Waals surface area contributed by atoms with E-state index in [1.54, 1.807) is 6.92 Å². The second kappa shape index (κ2) is 4.46. The summed E-state index contributed by atoms with van der Waals surface area (Å²) in [5, 5.41) is 9.43. The van der Waals surface area contributed by atoms with Crippen LogP contribution in [0.5, 0.6) is 0 Å². The normalized spacial score (nSPS) is 25.2. The summed E-state index contributed by atoms with van der Waals surface area (Å²) in [6.45, 7) is 5.26. The minimum absolute atomic E-state index is 0.372. The first-order valence-electron chi connectivity index (χ1n) is 6.07. The monoisotopic (exact) mass is 219 g/mol. The van der Waals surface area contributed by atoms with E-state index in [1.807, 2.05) is 12.1 Å². The van der Waals surface area contributed by atoms with Crippen molar-refractivity contribution in [3.8, 4) is 0 Å². The molecule has 1 saturated carbocycles. The fourth-order valence-electron chi connectivity index (χ4n) is 2.12. The van der Waals surface area contributed by atoms with Crippen LogP contribution >= 0.6 is 0 Å². The van der Waals surface area contributed by atoms with Crippen LogP contribution in [0.2, 0.25) is 0 Å². The van der Waals surface area contributed by atoms with E-state index in [4.69, 9.17) is 0 Å². The number of aliphatic hydroxyl groups is 1. The van der Waals surface area contributed by atoms with Gasteiger partial charge in [0.15, 0.2) is 0 Å². The zero-order chi connectivity index (χ0) is 11.7. The van der Waals surface area contributed by atoms with Gasteiger partial charge in [-0.05, 0) is 42.9 Å². The molecule has 1 aliphatic rings. The standard InChI is InChI=1S/C14H21NO/c1-10-8-13(10)9-15(3)14-6-4-12(5-7-14)11(2)16/h4-7,10-11,13,16H,8-9H2,1-3H3/t10?,11-,13?/m0/s1. The number of nitrogens with zero attached hydrogens (tertiary/aromatic N) is 1. The highest BCUT2D eigenvalue weighted by molar-refractivity contribution is 5.47. The summed E-state index contributed by atoms with van der Waals surface area (Å²) in [5.41, 5.74) is 2.22. The fourth-order valence-corrected chi connectivity index (χ4v) is 2.12. The number of benzene rings is 1. The van der Waals surface area contributed by atoms with Crippen LogP contribution in [0, 0.1) is 11.8 Å². The molecule has 0 heterocycles. The Hall–Kier alpha value is -1.02. The second-order valence-corrected chi connectivity index (χ2v) is 5.12. The molecule has 2 heteroatoms. The molecule has 2 nitrogen and oxygen atoms in total. The van der Waals surface area contributed by atoms with Gasteiger partial charge in [0.05, 0.1) is 6.10 Å². The molecule has 1 fully saturated rings. The van der Waals surface area contributed by atoms with E-state index >= 15 is 0 Å². The number of hydrogen-bond donors (Lipinski definition) is 1. The first-order valence-corrected chi connectivity index (χ1v) is 6.07. The van der Waals surface area contributed by atoms with Gasteiger partial charge in [-0.1, -0.05) is 19.1 Å². The van der Waals surface area contributed by atoms with E-state index in [0.717, 1.165) is 23.9 Å². The highest BCUT2D eigenvalue weighted by atomic mass is 16.3. The lowest BCUT2D eigenvalue weighted by molar-refractivity contribution is 0.199. The second-order valence-electron chi connectivity index (χ2n) is 5.12. The summed E-state index contributed by atoms with van der Waals surface area (Å²) >= 11 is 0. The smallest absolute Gasteiger partial charge is 0.0761 e. The molecule has 0 spiro atoms. The Kier molecular flexibility index (Phi) is 3.20. The highest BCUT2D eigenvalue weighted by Crippen LogP contribution is 2.38. The van der Waals surface area contributed by atoms with Crippen LogP contribution in [-0.4, -0.2) is 18.7 Å². The molecule has 0 amide bonds. The first-order chi connectivity index (χ1) is 7.58. The van der Waals surface area contributed by atoms with Crippen LogP contribution in [-0.2, 0) is 0 Å². The van der Waals surface area contributed by atoms with Gasteiger partial charge in [-0.3, -0.25) is 0 Å². The number of anilines is 1. The zero-order valence-electron chi connectivity index (χ0n) is 10.4. The Morgan fingerprint density at radius 1 is 1.38 bits per heavy atom. The van der Waals surface area contributed by atoms with E-state index in [0.29, 0.717) is 0 Å². The fraction of sp³-hybridized carbons (Fsp3) is 0.571. The van der Waals surface area contributed by atoms with Crippen molar-refractivity contribution in [2.75, 3.05) is 18.5 Å². The van der Waals surface area contributed by atoms with E-state index in [9.17, 15) is 5.11 Å². The van der Waals surface area contributed by atoms with Crippen LogP contribution in [0.25, 0.3) is 0 Å². The summed E-state index contributed by atoms with van der Waals surface area (Å²) in [5.74, 6) is 1.78. The van der Waals surface area contributed by atoms with E-state index < -0.39 is 0 Å². The molecule has 2 unspecified atom stereocenters. The molecule has 3 atom stereocenters. The van der Waals surface area contributed by atoms with Gasteiger partial charge in [0.25, 0.3) is 0 Å². The molecule has 16 heavy (non-hydrogen) atoms. The quantitative estimate of drug-likeness (QED) is 0.841. The van der Waals surface area contributed by atoms with Gasteiger partial charge in [0.1, 0.15) is 0 Å². The van der Waals surface area contributed by atoms with Gasteiger partial charge in [0, 0.05) is 19.3 Å². The third-order valence-corrected chi connectivity index (χ3v) is 3.60. The van der Waals surface area contributed by atoms with Gasteiger partial charge in [-0.15, -0.1) is 0 Å². The third-order valence-electron chi connectivity index (χ3n) is 3.60. The van der Waals surface area contributed by atoms with Crippen LogP contribution < -0.4 is 4.90 Å². The Labute approximate surface area is 97.9 Å². The lowest BCUT2D eigenvalue weighted by Crippen LogP contribution is -2.20. The summed E-state index contributed by atoms with van der Waals surface area (Å²) < 4.78 is 0. The average molecular weight is 219 g/mol. The van der Waals surface area contributed by atoms with Crippen LogP contribution in [0.15, 0.2) is 24.3 Å². The predicted octanol–water partition coefficient (Wildman–Crippen LogP) is 2.83. The van der Waals surface area contributed by atoms with Crippen molar-refractivity contribution in [1.82, 2.24) is 0 Å². The Balaban J connectivity index is 1.97. The van der Waals surface area contributed by atoms with Crippen molar-refractivity contribution in [3.05, 3.63) is 29.8 Å². The first kappa shape index (κ1) is 11.5. The van der Waals surface area contributed by atoms with E-state index in [2.05, 4.69) is 31.0 Å². The molecule has 2 rings (SSSR count). The number of aliphatic hydroxyl groups excluding tert-OH is 1. The summed E-state index contributed by atoms with van der Waals surface area (Å²) in [6, 6.07) is 8.20. The molecule has 88 valence electrons. The van der Waals surface area contributed by atoms with Crippen molar-refractivity contribution < 1.29 is 5.11 Å². The minimum Gasteiger partial charge on any atom is -0.389 e. The molecule has 0 aromatic heterocycles. The maximum atomic E-state index is 9.43. The predicted molar refractivity (Wildman–Crippen MR) is 67.6 cm³/mol. The Morgan fingerprint density at radius 3 is 2.38 bits per heavy atom. The van der Waals surface area contributed by atoms with Crippen molar-refractivity contribution >= 4 is 5.69 Å². The Morgan fingerprint density at radius 2 is 1.94 bits per heavy atom. The topological polar surface area (TPSA) is 23.5 Å². The van der Waals surface area contributed by atoms with Gasteiger partial charge in [-0.25, -0.2) is 0 Å². The van der Waals surface area contributed by atoms with E-state index in [1.165, 1.54) is 12.1 Å². The average Bonchev–Trinajstić information content (AvgIpc) is 2.94. The molecular formula is C14H21NO. The SMILES string of the molecule is CC1CC1CN(C)c1ccc([C@H](C)O)cc1. The maximum absolute atomic E-state index is 9.43. The van der Waals surface area contributed by atoms with Crippen molar-refractivity contribution in [2.45, 2.75) is 26.4 Å². The highest BCUT2D eigenvalue weighted by Gasteiger charge is 2.33. The summed E-state index contributed by atoms with van der Waals surface area (Å²) in [4.78, 5) is 2.31. The molecule has 1 aromatic carbocycles. The van der Waals surface area contributed by atoms with Gasteiger partial charge in [-0.2, -0.15) is 0 Å². The molecule has 0 radical (unpaired) electrons. The van der Waals surface area contributed by atoms with Crippen molar-refractivity contribution in [1.29, 1.82) is 0 Å². The number of hydrogen-bond acceptors (Lipinski definition) is 2. The molecule has 1 N–H and O–H groups in total. The lowest BCUT2D eigenvalue weighted by atomic mass is 10.1. The van der Waals surface area contributed by atoms with Crippen molar-refractivity contribution in [3.63, 3.8) is 0 Å². The number of rotatable bonds is 4. The molecular weight excluding hydrogens is 198 g/mol. The van der Waals surface area contributed by atoms with Gasteiger partial charge in [0.2, 0.25) is 0 Å². The zero-order valence-corrected chi connectivity index (χ0v) is 10.4. The minimum atomic E-state index is -0.372. The molecule has 1 aliphatic carbocycles. The van der Waals surface area contributed by atoms with Crippen LogP contribution in [0.3, 0.4) is 0 Å². The van der Waals surface area contributed by atoms with Gasteiger partial charge >= 0.3 is 0 Å². The lowest BCUT2D eigenvalue weighted by Gasteiger charge is -2.19. The molecule has 1 aromatic rings. The Bertz CT molecular complexity index is 344.